The molecule has 2 heterocycles. The van der Waals surface area contributed by atoms with E-state index in [9.17, 15) is 19.5 Å². The average molecular weight is 284 g/mol. The summed E-state index contributed by atoms with van der Waals surface area (Å²) in [5.41, 5.74) is 0. The van der Waals surface area contributed by atoms with E-state index >= 15 is 0 Å². The van der Waals surface area contributed by atoms with Crippen LogP contribution in [0.5, 0.6) is 0 Å². The highest BCUT2D eigenvalue weighted by Gasteiger charge is 2.32. The molecule has 4 unspecified atom stereocenters. The first-order valence-electron chi connectivity index (χ1n) is 5.33. The van der Waals surface area contributed by atoms with Gasteiger partial charge < -0.3 is 19.5 Å². The van der Waals surface area contributed by atoms with Gasteiger partial charge in [-0.25, -0.2) is 9.80 Å². The summed E-state index contributed by atoms with van der Waals surface area (Å²) in [6.07, 6.45) is 0. The summed E-state index contributed by atoms with van der Waals surface area (Å²) in [6, 6.07) is 0. The van der Waals surface area contributed by atoms with Crippen molar-refractivity contribution in [1.82, 2.24) is 9.80 Å². The monoisotopic (exact) mass is 284 g/mol. The Hall–Kier alpha value is 0.380. The third kappa shape index (κ3) is 3.67. The van der Waals surface area contributed by atoms with E-state index in [4.69, 9.17) is 0 Å². The molecule has 0 aromatic heterocycles. The largest absolute Gasteiger partial charge is 0.587 e. The van der Waals surface area contributed by atoms with Gasteiger partial charge in [-0.05, 0) is 0 Å². The maximum atomic E-state index is 11.3. The number of nitrogens with one attached hydrogen (secondary N) is 2. The van der Waals surface area contributed by atoms with Crippen LogP contribution in [0.25, 0.3) is 0 Å². The summed E-state index contributed by atoms with van der Waals surface area (Å²) in [4.78, 5) is 3.76. The average Bonchev–Trinajstić information content (AvgIpc) is 2.29. The van der Waals surface area contributed by atoms with Gasteiger partial charge in [0, 0.05) is 0 Å². The first-order valence-corrected chi connectivity index (χ1v) is 7.97. The predicted octanol–water partition coefficient (Wildman–Crippen LogP) is -4.42. The maximum Gasteiger partial charge on any atom is 0.175 e. The fraction of sp³-hybridized carbons (Fsp3) is 1.00. The summed E-state index contributed by atoms with van der Waals surface area (Å²) >= 11 is -2.68. The molecule has 100 valence electrons. The molecule has 2 fully saturated rings. The molecule has 0 aromatic rings. The number of hydrogen-bond donors (Lipinski definition) is 2. The van der Waals surface area contributed by atoms with Gasteiger partial charge in [-0.1, -0.05) is 0 Å². The van der Waals surface area contributed by atoms with Gasteiger partial charge in [-0.2, -0.15) is 8.94 Å². The summed E-state index contributed by atoms with van der Waals surface area (Å²) in [5, 5.41) is 22.6. The van der Waals surface area contributed by atoms with Crippen molar-refractivity contribution in [2.45, 2.75) is 0 Å². The second kappa shape index (κ2) is 6.02. The van der Waals surface area contributed by atoms with E-state index in [2.05, 4.69) is 0 Å². The normalized spacial score (nSPS) is 41.6. The zero-order chi connectivity index (χ0) is 12.4. The van der Waals surface area contributed by atoms with Gasteiger partial charge in [0.2, 0.25) is 0 Å². The standard InChI is InChI=1S/C7H16N4O4S2/c12-10-6-8(1-3-16(10)14)5-9-2-4-17(15)11(13)7-9/h10-11H,1-7H2. The number of hydroxylamine groups is 2. The fourth-order valence-electron chi connectivity index (χ4n) is 1.84. The van der Waals surface area contributed by atoms with Crippen molar-refractivity contribution in [3.05, 3.63) is 10.4 Å². The van der Waals surface area contributed by atoms with Crippen LogP contribution in [-0.4, -0.2) is 63.5 Å². The maximum absolute atomic E-state index is 11.3. The van der Waals surface area contributed by atoms with Gasteiger partial charge in [0.05, 0.1) is 19.8 Å². The van der Waals surface area contributed by atoms with Gasteiger partial charge in [-0.15, -0.1) is 0 Å². The molecule has 0 bridgehead atoms. The molecule has 0 aromatic carbocycles. The lowest BCUT2D eigenvalue weighted by molar-refractivity contribution is -0.734. The Balaban J connectivity index is 1.78. The Kier molecular flexibility index (Phi) is 4.88. The third-order valence-corrected chi connectivity index (χ3v) is 5.18. The Morgan fingerprint density at radius 2 is 1.29 bits per heavy atom. The molecule has 2 rings (SSSR count). The van der Waals surface area contributed by atoms with Crippen LogP contribution < -0.4 is 8.94 Å². The van der Waals surface area contributed by atoms with Crippen LogP contribution >= 0.6 is 0 Å². The first kappa shape index (κ1) is 13.8. The first-order chi connectivity index (χ1) is 8.06. The quantitative estimate of drug-likeness (QED) is 0.391. The summed E-state index contributed by atoms with van der Waals surface area (Å²) in [7, 11) is 0. The molecule has 2 aliphatic rings. The van der Waals surface area contributed by atoms with Crippen molar-refractivity contribution in [3.8, 4) is 0 Å². The van der Waals surface area contributed by atoms with Crippen LogP contribution in [-0.2, 0) is 22.7 Å². The third-order valence-electron chi connectivity index (χ3n) is 2.80. The second-order valence-corrected chi connectivity index (χ2v) is 7.20. The van der Waals surface area contributed by atoms with E-state index in [0.717, 1.165) is 0 Å². The molecule has 4 atom stereocenters. The van der Waals surface area contributed by atoms with Crippen LogP contribution in [0.15, 0.2) is 0 Å². The minimum atomic E-state index is -1.34. The molecule has 0 aliphatic carbocycles. The van der Waals surface area contributed by atoms with Crippen molar-refractivity contribution in [2.75, 3.05) is 44.6 Å². The molecular weight excluding hydrogens is 268 g/mol. The Bertz CT molecular complexity index is 240. The molecule has 0 radical (unpaired) electrons. The summed E-state index contributed by atoms with van der Waals surface area (Å²) < 4.78 is 21.8. The number of hydrogen-bond acceptors (Lipinski definition) is 6. The van der Waals surface area contributed by atoms with Crippen molar-refractivity contribution >= 4 is 22.7 Å². The van der Waals surface area contributed by atoms with Crippen molar-refractivity contribution in [2.24, 2.45) is 0 Å². The SMILES string of the molecule is [O-][NH+]1CN(CN2CC[S+]([O-])[NH+]([O-])C2)CC[S+]1[O-]. The molecule has 2 aliphatic heterocycles. The van der Waals surface area contributed by atoms with E-state index in [1.54, 1.807) is 0 Å². The van der Waals surface area contributed by atoms with Crippen molar-refractivity contribution in [1.29, 1.82) is 0 Å². The minimum Gasteiger partial charge on any atom is -0.587 e. The van der Waals surface area contributed by atoms with Gasteiger partial charge in [0.1, 0.15) is 22.7 Å². The Labute approximate surface area is 106 Å². The summed E-state index contributed by atoms with van der Waals surface area (Å²) in [6.45, 7) is 2.07. The van der Waals surface area contributed by atoms with Gasteiger partial charge in [0.15, 0.2) is 24.8 Å². The predicted molar refractivity (Wildman–Crippen MR) is 62.7 cm³/mol. The van der Waals surface area contributed by atoms with Crippen LogP contribution in [0.2, 0.25) is 0 Å². The molecule has 2 N–H and O–H groups in total. The highest BCUT2D eigenvalue weighted by Crippen LogP contribution is 1.99. The van der Waals surface area contributed by atoms with E-state index < -0.39 is 22.7 Å². The Morgan fingerprint density at radius 1 is 0.882 bits per heavy atom. The lowest BCUT2D eigenvalue weighted by atomic mass is 10.5. The molecule has 0 saturated carbocycles. The molecule has 17 heavy (non-hydrogen) atoms. The van der Waals surface area contributed by atoms with Gasteiger partial charge in [0.25, 0.3) is 0 Å². The van der Waals surface area contributed by atoms with Crippen LogP contribution in [0.4, 0.5) is 0 Å². The van der Waals surface area contributed by atoms with Gasteiger partial charge in [-0.3, -0.25) is 0 Å². The van der Waals surface area contributed by atoms with E-state index in [1.807, 2.05) is 9.80 Å². The topological polar surface area (TPSA) is 108 Å². The number of quaternary nitrogens is 2. The second-order valence-electron chi connectivity index (χ2n) is 4.09. The highest BCUT2D eigenvalue weighted by molar-refractivity contribution is 7.85. The van der Waals surface area contributed by atoms with Crippen molar-refractivity contribution < 1.29 is 18.0 Å². The lowest BCUT2D eigenvalue weighted by Gasteiger charge is -2.39. The number of nitrogens with zero attached hydrogens (tertiary/aromatic N) is 2. The fourth-order valence-corrected chi connectivity index (χ4v) is 3.80. The van der Waals surface area contributed by atoms with E-state index in [-0.39, 0.29) is 22.3 Å². The smallest absolute Gasteiger partial charge is 0.175 e. The van der Waals surface area contributed by atoms with Gasteiger partial charge >= 0.3 is 0 Å². The zero-order valence-corrected chi connectivity index (χ0v) is 10.9. The van der Waals surface area contributed by atoms with Crippen LogP contribution in [0, 0.1) is 10.4 Å². The molecular formula is C7H16N4O4S2. The molecule has 0 amide bonds. The lowest BCUT2D eigenvalue weighted by Crippen LogP contribution is -3.14. The van der Waals surface area contributed by atoms with E-state index in [0.29, 0.717) is 31.3 Å². The molecule has 8 nitrogen and oxygen atoms in total. The molecule has 2 saturated heterocycles. The zero-order valence-electron chi connectivity index (χ0n) is 9.29. The summed E-state index contributed by atoms with van der Waals surface area (Å²) in [5.74, 6) is 0.735. The van der Waals surface area contributed by atoms with Crippen LogP contribution in [0.1, 0.15) is 0 Å². The minimum absolute atomic E-state index is 0.181. The van der Waals surface area contributed by atoms with E-state index in [1.165, 1.54) is 0 Å². The van der Waals surface area contributed by atoms with Crippen LogP contribution in [0.3, 0.4) is 0 Å². The van der Waals surface area contributed by atoms with Crippen molar-refractivity contribution in [3.63, 3.8) is 0 Å². The highest BCUT2D eigenvalue weighted by atomic mass is 32.2. The molecule has 10 heteroatoms. The molecule has 0 spiro atoms. The Morgan fingerprint density at radius 3 is 1.65 bits per heavy atom. The number of rotatable bonds is 2.